The van der Waals surface area contributed by atoms with E-state index in [2.05, 4.69) is 31.7 Å². The Hall–Kier alpha value is -6.97. The third-order valence-corrected chi connectivity index (χ3v) is 12.6. The van der Waals surface area contributed by atoms with Crippen molar-refractivity contribution in [2.45, 2.75) is 20.6 Å². The number of ether oxygens (including phenoxy) is 2. The molecule has 12 nitrogen and oxygen atoms in total. The van der Waals surface area contributed by atoms with Gasteiger partial charge in [0, 0.05) is 64.7 Å². The Labute approximate surface area is 364 Å². The van der Waals surface area contributed by atoms with E-state index in [1.807, 2.05) is 83.5 Å². The highest BCUT2D eigenvalue weighted by molar-refractivity contribution is 9.10. The lowest BCUT2D eigenvalue weighted by molar-refractivity contribution is 0.0964. The van der Waals surface area contributed by atoms with Crippen molar-refractivity contribution >= 4 is 59.8 Å². The Morgan fingerprint density at radius 3 is 1.95 bits per heavy atom. The molecule has 0 saturated carbocycles. The molecular formula is C47H38BrFN6O6S. The monoisotopic (exact) mass is 912 g/mol. The summed E-state index contributed by atoms with van der Waals surface area (Å²) >= 11 is 3.50. The van der Waals surface area contributed by atoms with E-state index in [4.69, 9.17) is 23.9 Å². The number of benzene rings is 4. The van der Waals surface area contributed by atoms with Crippen LogP contribution in [0.3, 0.4) is 0 Å². The standard InChI is InChI=1S/C32H25FN4O5S.C14H9BrN2O.CH4/c1-34-32(38)29-22-15-21(19-9-12-26-23(14-19)30-25(17-41-26)37-13-5-4-6-28(37)35-30)24(36(2)43(3,39)40)16-27(22)42-31(29)18-7-10-20(33)11-8-18;15-9-4-5-12-10(7-9)14-11(8-18-12)17-6-2-1-3-13(17)16-14;/h4-16H,17H2,1-3H3,(H,34,38);1-7H,8H2;1H4. The zero-order chi connectivity index (χ0) is 42.2. The normalized spacial score (nSPS) is 12.5. The number of fused-ring (bicyclic) bond motifs is 11. The molecule has 4 aromatic carbocycles. The number of carbonyl (C=O) groups is 1. The number of nitrogens with one attached hydrogen (secondary N) is 1. The van der Waals surface area contributed by atoms with Gasteiger partial charge in [-0.05, 0) is 90.5 Å². The fraction of sp³-hybridized carbons (Fsp3) is 0.128. The lowest BCUT2D eigenvalue weighted by atomic mass is 9.95. The van der Waals surface area contributed by atoms with Crippen LogP contribution in [0.4, 0.5) is 10.1 Å². The van der Waals surface area contributed by atoms with Gasteiger partial charge in [-0.3, -0.25) is 17.9 Å². The predicted molar refractivity (Wildman–Crippen MR) is 242 cm³/mol. The van der Waals surface area contributed by atoms with E-state index in [1.165, 1.54) is 42.7 Å². The van der Waals surface area contributed by atoms with Gasteiger partial charge in [0.05, 0.1) is 40.3 Å². The number of furan rings is 1. The Bertz CT molecular complexity index is 3360. The second-order valence-corrected chi connectivity index (χ2v) is 17.5. The van der Waals surface area contributed by atoms with E-state index in [0.717, 1.165) is 61.7 Å². The van der Waals surface area contributed by atoms with Crippen molar-refractivity contribution in [3.63, 3.8) is 0 Å². The van der Waals surface area contributed by atoms with Crippen molar-refractivity contribution in [1.29, 1.82) is 0 Å². The maximum absolute atomic E-state index is 13.7. The van der Waals surface area contributed by atoms with Crippen LogP contribution in [0.15, 0.2) is 130 Å². The molecule has 0 atom stereocenters. The number of hydrogen-bond donors (Lipinski definition) is 1. The SMILES string of the molecule is Brc1ccc2c(c1)-c1nc3ccccn3c1CO2.C.CNC(=O)c1c(-c2ccc(F)cc2)oc2cc(N(C)S(C)(=O)=O)c(-c3ccc4c(c3)-c3nc5ccccn5c3CO4)cc12. The summed E-state index contributed by atoms with van der Waals surface area (Å²) in [7, 11) is -0.714. The summed E-state index contributed by atoms with van der Waals surface area (Å²) in [4.78, 5) is 22.8. The molecule has 1 N–H and O–H groups in total. The minimum absolute atomic E-state index is 0. The minimum atomic E-state index is -3.69. The lowest BCUT2D eigenvalue weighted by Gasteiger charge is -2.22. The topological polar surface area (TPSA) is 133 Å². The van der Waals surface area contributed by atoms with Crippen LogP contribution in [-0.4, -0.2) is 53.4 Å². The first-order valence-electron chi connectivity index (χ1n) is 19.1. The molecule has 0 fully saturated rings. The van der Waals surface area contributed by atoms with Crippen LogP contribution in [0.5, 0.6) is 11.5 Å². The summed E-state index contributed by atoms with van der Waals surface area (Å²) in [5, 5.41) is 3.13. The van der Waals surface area contributed by atoms with E-state index < -0.39 is 21.7 Å². The molecule has 2 aliphatic rings. The first kappa shape index (κ1) is 40.4. The van der Waals surface area contributed by atoms with E-state index in [-0.39, 0.29) is 18.8 Å². The van der Waals surface area contributed by atoms with Gasteiger partial charge in [0.15, 0.2) is 0 Å². The summed E-state index contributed by atoms with van der Waals surface area (Å²) < 4.78 is 63.6. The Morgan fingerprint density at radius 1 is 0.774 bits per heavy atom. The predicted octanol–water partition coefficient (Wildman–Crippen LogP) is 10.2. The fourth-order valence-corrected chi connectivity index (χ4v) is 8.74. The van der Waals surface area contributed by atoms with E-state index in [9.17, 15) is 17.6 Å². The van der Waals surface area contributed by atoms with E-state index in [0.29, 0.717) is 52.3 Å². The number of pyridine rings is 2. The average molecular weight is 914 g/mol. The summed E-state index contributed by atoms with van der Waals surface area (Å²) in [6.45, 7) is 0.923. The van der Waals surface area contributed by atoms with Gasteiger partial charge in [0.25, 0.3) is 5.91 Å². The maximum Gasteiger partial charge on any atom is 0.255 e. The van der Waals surface area contributed by atoms with Gasteiger partial charge in [0.2, 0.25) is 10.0 Å². The zero-order valence-corrected chi connectivity index (χ0v) is 35.2. The van der Waals surface area contributed by atoms with Crippen LogP contribution in [0.1, 0.15) is 29.2 Å². The number of rotatable bonds is 5. The zero-order valence-electron chi connectivity index (χ0n) is 32.8. The van der Waals surface area contributed by atoms with Crippen LogP contribution >= 0.6 is 15.9 Å². The number of hydrogen-bond acceptors (Lipinski definition) is 8. The molecule has 1 amide bonds. The van der Waals surface area contributed by atoms with Crippen molar-refractivity contribution in [2.24, 2.45) is 0 Å². The number of nitrogens with zero attached hydrogens (tertiary/aromatic N) is 5. The quantitative estimate of drug-likeness (QED) is 0.181. The van der Waals surface area contributed by atoms with Gasteiger partial charge in [-0.1, -0.05) is 41.6 Å². The Kier molecular flexibility index (Phi) is 10.1. The summed E-state index contributed by atoms with van der Waals surface area (Å²) in [6, 6.07) is 32.4. The molecule has 9 aromatic rings. The highest BCUT2D eigenvalue weighted by Crippen LogP contribution is 2.45. The molecule has 5 aromatic heterocycles. The van der Waals surface area contributed by atoms with Gasteiger partial charge >= 0.3 is 0 Å². The largest absolute Gasteiger partial charge is 0.487 e. The van der Waals surface area contributed by atoms with Crippen molar-refractivity contribution in [3.8, 4) is 56.5 Å². The van der Waals surface area contributed by atoms with Gasteiger partial charge in [-0.2, -0.15) is 0 Å². The van der Waals surface area contributed by atoms with Gasteiger partial charge in [-0.25, -0.2) is 22.8 Å². The molecular weight excluding hydrogens is 876 g/mol. The summed E-state index contributed by atoms with van der Waals surface area (Å²) in [6.07, 6.45) is 5.07. The third kappa shape index (κ3) is 6.83. The summed E-state index contributed by atoms with van der Waals surface area (Å²) in [5.74, 6) is 0.973. The van der Waals surface area contributed by atoms with E-state index >= 15 is 0 Å². The second kappa shape index (κ2) is 15.5. The van der Waals surface area contributed by atoms with E-state index in [1.54, 1.807) is 12.1 Å². The van der Waals surface area contributed by atoms with Crippen LogP contribution in [0.2, 0.25) is 0 Å². The highest BCUT2D eigenvalue weighted by atomic mass is 79.9. The molecule has 0 unspecified atom stereocenters. The molecule has 0 saturated heterocycles. The lowest BCUT2D eigenvalue weighted by Crippen LogP contribution is -2.25. The second-order valence-electron chi connectivity index (χ2n) is 14.6. The van der Waals surface area contributed by atoms with Crippen molar-refractivity contribution in [1.82, 2.24) is 24.1 Å². The molecule has 15 heteroatoms. The smallest absolute Gasteiger partial charge is 0.255 e. The average Bonchev–Trinajstić information content (AvgIpc) is 3.97. The number of amides is 1. The number of aromatic nitrogens is 4. The molecule has 62 heavy (non-hydrogen) atoms. The number of halogens is 2. The van der Waals surface area contributed by atoms with Crippen LogP contribution in [-0.2, 0) is 23.2 Å². The highest BCUT2D eigenvalue weighted by Gasteiger charge is 2.28. The minimum Gasteiger partial charge on any atom is -0.487 e. The maximum atomic E-state index is 13.7. The van der Waals surface area contributed by atoms with Crippen LogP contribution < -0.4 is 19.1 Å². The fourth-order valence-electron chi connectivity index (χ4n) is 7.87. The summed E-state index contributed by atoms with van der Waals surface area (Å²) in [5.41, 5.74) is 10.0. The Morgan fingerprint density at radius 2 is 1.35 bits per heavy atom. The Balaban J connectivity index is 0.000000214. The third-order valence-electron chi connectivity index (χ3n) is 10.9. The molecule has 11 rings (SSSR count). The molecule has 7 heterocycles. The molecule has 312 valence electrons. The number of anilines is 1. The molecule has 0 radical (unpaired) electrons. The molecule has 0 aliphatic carbocycles. The van der Waals surface area contributed by atoms with Crippen molar-refractivity contribution < 1.29 is 31.5 Å². The number of carbonyl (C=O) groups excluding carboxylic acids is 1. The number of imidazole rings is 2. The van der Waals surface area contributed by atoms with Gasteiger partial charge in [0.1, 0.15) is 53.2 Å². The van der Waals surface area contributed by atoms with Gasteiger partial charge in [-0.15, -0.1) is 0 Å². The van der Waals surface area contributed by atoms with Crippen LogP contribution in [0, 0.1) is 5.82 Å². The number of sulfonamides is 1. The first-order chi connectivity index (χ1) is 29.5. The first-order valence-corrected chi connectivity index (χ1v) is 21.8. The van der Waals surface area contributed by atoms with Crippen LogP contribution in [0.25, 0.3) is 67.2 Å². The van der Waals surface area contributed by atoms with Crippen molar-refractivity contribution in [2.75, 3.05) is 24.7 Å². The molecule has 0 bridgehead atoms. The molecule has 0 spiro atoms. The van der Waals surface area contributed by atoms with Gasteiger partial charge < -0.3 is 19.2 Å². The molecule has 2 aliphatic heterocycles. The van der Waals surface area contributed by atoms with Crippen molar-refractivity contribution in [3.05, 3.63) is 149 Å².